The van der Waals surface area contributed by atoms with Crippen LogP contribution in [0.25, 0.3) is 0 Å². The fraction of sp³-hybridized carbons (Fsp3) is 0.0714. The van der Waals surface area contributed by atoms with Gasteiger partial charge in [-0.15, -0.1) is 0 Å². The Bertz CT molecular complexity index is 746. The number of carbonyl (C=O) groups is 2. The number of aromatic nitrogens is 1. The lowest BCUT2D eigenvalue weighted by Crippen LogP contribution is -2.19. The first-order chi connectivity index (χ1) is 10.0. The third kappa shape index (κ3) is 3.49. The number of amides is 1. The number of aliphatic carboxylic acids is 1. The molecule has 1 heterocycles. The second-order valence-electron chi connectivity index (χ2n) is 4.17. The fourth-order valence-electron chi connectivity index (χ4n) is 1.81. The summed E-state index contributed by atoms with van der Waals surface area (Å²) in [4.78, 5) is 22.9. The van der Waals surface area contributed by atoms with Gasteiger partial charge >= 0.3 is 5.97 Å². The summed E-state index contributed by atoms with van der Waals surface area (Å²) in [6.45, 7) is -0.304. The molecule has 2 aromatic rings. The van der Waals surface area contributed by atoms with Gasteiger partial charge in [0.05, 0.1) is 11.3 Å². The van der Waals surface area contributed by atoms with E-state index in [4.69, 9.17) is 10.4 Å². The van der Waals surface area contributed by atoms with Crippen LogP contribution in [0.4, 0.5) is 5.69 Å². The topological polar surface area (TPSA) is 95.1 Å². The summed E-state index contributed by atoms with van der Waals surface area (Å²) < 4.78 is 2.05. The van der Waals surface area contributed by atoms with Crippen molar-refractivity contribution in [1.29, 1.82) is 5.26 Å². The van der Waals surface area contributed by atoms with E-state index in [2.05, 4.69) is 21.2 Å². The lowest BCUT2D eigenvalue weighted by molar-refractivity contribution is -0.137. The molecular formula is C14H10BrN3O3. The maximum absolute atomic E-state index is 12.2. The number of carboxylic acid groups (broad SMARTS) is 1. The van der Waals surface area contributed by atoms with Gasteiger partial charge in [0, 0.05) is 10.7 Å². The molecule has 0 fully saturated rings. The quantitative estimate of drug-likeness (QED) is 0.887. The minimum atomic E-state index is -1.04. The van der Waals surface area contributed by atoms with Crippen LogP contribution < -0.4 is 5.32 Å². The van der Waals surface area contributed by atoms with Crippen LogP contribution in [0.1, 0.15) is 16.1 Å². The number of rotatable bonds is 4. The summed E-state index contributed by atoms with van der Waals surface area (Å²) in [5.41, 5.74) is 0.895. The molecule has 0 radical (unpaired) electrons. The number of nitriles is 1. The summed E-state index contributed by atoms with van der Waals surface area (Å²) in [7, 11) is 0. The maximum Gasteiger partial charge on any atom is 0.323 e. The van der Waals surface area contributed by atoms with Gasteiger partial charge < -0.3 is 15.0 Å². The lowest BCUT2D eigenvalue weighted by atomic mass is 10.2. The number of hydrogen-bond donors (Lipinski definition) is 2. The number of hydrogen-bond acceptors (Lipinski definition) is 3. The van der Waals surface area contributed by atoms with Crippen molar-refractivity contribution in [2.45, 2.75) is 6.54 Å². The number of nitrogens with one attached hydrogen (secondary N) is 1. The smallest absolute Gasteiger partial charge is 0.323 e. The normalized spacial score (nSPS) is 9.90. The molecule has 1 aromatic carbocycles. The molecule has 7 heteroatoms. The van der Waals surface area contributed by atoms with Crippen molar-refractivity contribution >= 4 is 33.5 Å². The van der Waals surface area contributed by atoms with Gasteiger partial charge in [-0.3, -0.25) is 9.59 Å². The van der Waals surface area contributed by atoms with Crippen LogP contribution in [0, 0.1) is 11.3 Å². The Kier molecular flexibility index (Phi) is 4.40. The van der Waals surface area contributed by atoms with E-state index in [1.165, 1.54) is 16.8 Å². The Hall–Kier alpha value is -2.59. The molecule has 21 heavy (non-hydrogen) atoms. The van der Waals surface area contributed by atoms with Crippen molar-refractivity contribution in [1.82, 2.24) is 4.57 Å². The average Bonchev–Trinajstić information content (AvgIpc) is 2.88. The van der Waals surface area contributed by atoms with Crippen LogP contribution in [0.5, 0.6) is 0 Å². The van der Waals surface area contributed by atoms with Crippen molar-refractivity contribution in [2.24, 2.45) is 0 Å². The first kappa shape index (κ1) is 14.8. The standard InChI is InChI=1S/C14H10BrN3O3/c15-10-3-4-11(9(6-10)7-16)17-14(21)12-2-1-5-18(12)8-13(19)20/h1-6H,8H2,(H,17,21)(H,19,20). The van der Waals surface area contributed by atoms with Crippen molar-refractivity contribution in [2.75, 3.05) is 5.32 Å². The first-order valence-corrected chi connectivity index (χ1v) is 6.68. The van der Waals surface area contributed by atoms with Crippen LogP contribution in [-0.2, 0) is 11.3 Å². The SMILES string of the molecule is N#Cc1cc(Br)ccc1NC(=O)c1cccn1CC(=O)O. The predicted octanol–water partition coefficient (Wildman–Crippen LogP) is 2.46. The molecule has 106 valence electrons. The van der Waals surface area contributed by atoms with Crippen molar-refractivity contribution in [3.63, 3.8) is 0 Å². The maximum atomic E-state index is 12.2. The summed E-state index contributed by atoms with van der Waals surface area (Å²) in [6, 6.07) is 9.99. The van der Waals surface area contributed by atoms with Crippen molar-refractivity contribution in [3.8, 4) is 6.07 Å². The summed E-state index contributed by atoms with van der Waals surface area (Å²) in [5, 5.41) is 20.5. The molecule has 0 spiro atoms. The highest BCUT2D eigenvalue weighted by Gasteiger charge is 2.14. The average molecular weight is 348 g/mol. The van der Waals surface area contributed by atoms with Gasteiger partial charge in [0.25, 0.3) is 5.91 Å². The molecule has 0 saturated heterocycles. The number of anilines is 1. The molecular weight excluding hydrogens is 338 g/mol. The highest BCUT2D eigenvalue weighted by atomic mass is 79.9. The van der Waals surface area contributed by atoms with Crippen LogP contribution in [-0.4, -0.2) is 21.6 Å². The van der Waals surface area contributed by atoms with E-state index in [0.717, 1.165) is 4.47 Å². The number of benzene rings is 1. The van der Waals surface area contributed by atoms with E-state index in [-0.39, 0.29) is 12.2 Å². The van der Waals surface area contributed by atoms with E-state index < -0.39 is 11.9 Å². The Labute approximate surface area is 128 Å². The second-order valence-corrected chi connectivity index (χ2v) is 5.09. The zero-order chi connectivity index (χ0) is 15.4. The highest BCUT2D eigenvalue weighted by molar-refractivity contribution is 9.10. The first-order valence-electron chi connectivity index (χ1n) is 5.89. The van der Waals surface area contributed by atoms with Crippen molar-refractivity contribution < 1.29 is 14.7 Å². The zero-order valence-electron chi connectivity index (χ0n) is 10.7. The molecule has 0 atom stereocenters. The summed E-state index contributed by atoms with van der Waals surface area (Å²) in [6.07, 6.45) is 1.51. The Balaban J connectivity index is 2.25. The van der Waals surface area contributed by atoms with Crippen LogP contribution in [0.3, 0.4) is 0 Å². The molecule has 2 N–H and O–H groups in total. The van der Waals surface area contributed by atoms with Gasteiger partial charge in [0.1, 0.15) is 18.3 Å². The fourth-order valence-corrected chi connectivity index (χ4v) is 2.17. The number of carboxylic acids is 1. The van der Waals surface area contributed by atoms with Crippen LogP contribution in [0.2, 0.25) is 0 Å². The van der Waals surface area contributed by atoms with E-state index in [0.29, 0.717) is 11.3 Å². The van der Waals surface area contributed by atoms with E-state index in [1.54, 1.807) is 24.3 Å². The Morgan fingerprint density at radius 1 is 1.38 bits per heavy atom. The minimum absolute atomic E-state index is 0.212. The molecule has 1 aromatic heterocycles. The second kappa shape index (κ2) is 6.24. The molecule has 0 unspecified atom stereocenters. The molecule has 2 rings (SSSR count). The van der Waals surface area contributed by atoms with Gasteiger partial charge in [-0.25, -0.2) is 0 Å². The lowest BCUT2D eigenvalue weighted by Gasteiger charge is -2.09. The molecule has 0 aliphatic heterocycles. The minimum Gasteiger partial charge on any atom is -0.480 e. The summed E-state index contributed by atoms with van der Waals surface area (Å²) >= 11 is 3.25. The number of nitrogens with zero attached hydrogens (tertiary/aromatic N) is 2. The van der Waals surface area contributed by atoms with Gasteiger partial charge in [0.15, 0.2) is 0 Å². The zero-order valence-corrected chi connectivity index (χ0v) is 12.3. The number of halogens is 1. The van der Waals surface area contributed by atoms with E-state index in [9.17, 15) is 9.59 Å². The third-order valence-electron chi connectivity index (χ3n) is 2.72. The third-order valence-corrected chi connectivity index (χ3v) is 3.21. The number of carbonyl (C=O) groups excluding carboxylic acids is 1. The van der Waals surface area contributed by atoms with Crippen LogP contribution in [0.15, 0.2) is 41.0 Å². The largest absolute Gasteiger partial charge is 0.480 e. The van der Waals surface area contributed by atoms with Crippen LogP contribution >= 0.6 is 15.9 Å². The molecule has 0 bridgehead atoms. The monoisotopic (exact) mass is 347 g/mol. The molecule has 0 saturated carbocycles. The molecule has 0 aliphatic rings. The van der Waals surface area contributed by atoms with Gasteiger partial charge in [-0.1, -0.05) is 15.9 Å². The van der Waals surface area contributed by atoms with Gasteiger partial charge in [-0.05, 0) is 30.3 Å². The van der Waals surface area contributed by atoms with E-state index >= 15 is 0 Å². The predicted molar refractivity (Wildman–Crippen MR) is 78.9 cm³/mol. The highest BCUT2D eigenvalue weighted by Crippen LogP contribution is 2.21. The Morgan fingerprint density at radius 3 is 2.81 bits per heavy atom. The van der Waals surface area contributed by atoms with Gasteiger partial charge in [-0.2, -0.15) is 5.26 Å². The van der Waals surface area contributed by atoms with Gasteiger partial charge in [0.2, 0.25) is 0 Å². The van der Waals surface area contributed by atoms with Crippen molar-refractivity contribution in [3.05, 3.63) is 52.3 Å². The molecule has 6 nitrogen and oxygen atoms in total. The molecule has 0 aliphatic carbocycles. The summed E-state index contributed by atoms with van der Waals surface area (Å²) in [5.74, 6) is -1.51. The van der Waals surface area contributed by atoms with E-state index in [1.807, 2.05) is 6.07 Å². The Morgan fingerprint density at radius 2 is 2.14 bits per heavy atom. The molecule has 1 amide bonds.